The fourth-order valence-electron chi connectivity index (χ4n) is 1.84. The van der Waals surface area contributed by atoms with Gasteiger partial charge in [0, 0.05) is 5.92 Å². The fraction of sp³-hybridized carbons (Fsp3) is 0.571. The zero-order valence-electron chi connectivity index (χ0n) is 11.7. The Balaban J connectivity index is 1.81. The molecule has 1 aromatic rings. The van der Waals surface area contributed by atoms with Crippen molar-refractivity contribution in [2.75, 3.05) is 19.8 Å². The largest absolute Gasteiger partial charge is 0.350 e. The zero-order valence-corrected chi connectivity index (χ0v) is 12.6. The van der Waals surface area contributed by atoms with Crippen LogP contribution in [0.5, 0.6) is 0 Å². The van der Waals surface area contributed by atoms with Crippen molar-refractivity contribution in [1.29, 1.82) is 0 Å². The van der Waals surface area contributed by atoms with Gasteiger partial charge in [0.15, 0.2) is 5.79 Å². The predicted molar refractivity (Wildman–Crippen MR) is 74.5 cm³/mol. The van der Waals surface area contributed by atoms with Crippen molar-refractivity contribution in [3.63, 3.8) is 0 Å². The summed E-state index contributed by atoms with van der Waals surface area (Å²) < 4.78 is 39.7. The third-order valence-corrected chi connectivity index (χ3v) is 4.18. The van der Waals surface area contributed by atoms with E-state index in [1.807, 2.05) is 19.9 Å². The van der Waals surface area contributed by atoms with Crippen molar-refractivity contribution in [1.82, 2.24) is 0 Å². The molecule has 1 fully saturated rings. The molecular formula is C14H20O5S. The van der Waals surface area contributed by atoms with Crippen molar-refractivity contribution in [2.24, 2.45) is 5.92 Å². The fourth-order valence-corrected chi connectivity index (χ4v) is 2.93. The molecule has 0 aromatic heterocycles. The SMILES string of the molecule is CC1(C)OCC(COS(=O)(=O)Cc2ccccc2)CO1. The van der Waals surface area contributed by atoms with E-state index in [4.69, 9.17) is 13.7 Å². The summed E-state index contributed by atoms with van der Waals surface area (Å²) in [4.78, 5) is 0. The Morgan fingerprint density at radius 2 is 1.80 bits per heavy atom. The number of rotatable bonds is 5. The molecule has 112 valence electrons. The summed E-state index contributed by atoms with van der Waals surface area (Å²) in [6, 6.07) is 8.97. The topological polar surface area (TPSA) is 61.8 Å². The second kappa shape index (κ2) is 6.22. The summed E-state index contributed by atoms with van der Waals surface area (Å²) in [6.07, 6.45) is 0. The highest BCUT2D eigenvalue weighted by Crippen LogP contribution is 2.21. The van der Waals surface area contributed by atoms with Crippen molar-refractivity contribution in [3.8, 4) is 0 Å². The average molecular weight is 300 g/mol. The Morgan fingerprint density at radius 1 is 1.20 bits per heavy atom. The number of ether oxygens (including phenoxy) is 2. The van der Waals surface area contributed by atoms with Crippen LogP contribution in [-0.2, 0) is 29.5 Å². The maximum absolute atomic E-state index is 11.9. The molecule has 5 nitrogen and oxygen atoms in total. The molecule has 1 heterocycles. The van der Waals surface area contributed by atoms with E-state index in [0.717, 1.165) is 0 Å². The van der Waals surface area contributed by atoms with Crippen molar-refractivity contribution < 1.29 is 22.1 Å². The summed E-state index contributed by atoms with van der Waals surface area (Å²) in [6.45, 7) is 4.62. The summed E-state index contributed by atoms with van der Waals surface area (Å²) in [5.74, 6) is -0.777. The Labute approximate surface area is 120 Å². The Hall–Kier alpha value is -0.950. The Kier molecular flexibility index (Phi) is 4.80. The summed E-state index contributed by atoms with van der Waals surface area (Å²) in [7, 11) is -3.57. The monoisotopic (exact) mass is 300 g/mol. The first-order valence-corrected chi connectivity index (χ1v) is 8.13. The lowest BCUT2D eigenvalue weighted by atomic mass is 10.1. The number of benzene rings is 1. The van der Waals surface area contributed by atoms with Gasteiger partial charge < -0.3 is 9.47 Å². The van der Waals surface area contributed by atoms with Gasteiger partial charge >= 0.3 is 0 Å². The molecule has 1 saturated heterocycles. The van der Waals surface area contributed by atoms with Crippen LogP contribution < -0.4 is 0 Å². The first kappa shape index (κ1) is 15.4. The highest BCUT2D eigenvalue weighted by atomic mass is 32.2. The molecule has 0 spiro atoms. The van der Waals surface area contributed by atoms with Crippen LogP contribution in [0, 0.1) is 5.92 Å². The third kappa shape index (κ3) is 4.86. The quantitative estimate of drug-likeness (QED) is 0.778. The van der Waals surface area contributed by atoms with Gasteiger partial charge in [-0.3, -0.25) is 4.18 Å². The summed E-state index contributed by atoms with van der Waals surface area (Å²) in [5.41, 5.74) is 0.713. The van der Waals surface area contributed by atoms with Gasteiger partial charge in [0.25, 0.3) is 10.1 Å². The van der Waals surface area contributed by atoms with Gasteiger partial charge in [-0.15, -0.1) is 0 Å². The number of hydrogen-bond donors (Lipinski definition) is 0. The average Bonchev–Trinajstić information content (AvgIpc) is 2.38. The second-order valence-electron chi connectivity index (χ2n) is 5.36. The lowest BCUT2D eigenvalue weighted by Crippen LogP contribution is -2.41. The minimum atomic E-state index is -3.57. The van der Waals surface area contributed by atoms with E-state index < -0.39 is 15.9 Å². The molecule has 6 heteroatoms. The predicted octanol–water partition coefficient (Wildman–Crippen LogP) is 1.93. The Bertz CT molecular complexity index is 514. The van der Waals surface area contributed by atoms with Gasteiger partial charge in [0.1, 0.15) is 5.75 Å². The molecule has 0 unspecified atom stereocenters. The normalized spacial score (nSPS) is 19.9. The Morgan fingerprint density at radius 3 is 2.40 bits per heavy atom. The summed E-state index contributed by atoms with van der Waals surface area (Å²) in [5, 5.41) is 0. The van der Waals surface area contributed by atoms with E-state index in [1.54, 1.807) is 24.3 Å². The maximum Gasteiger partial charge on any atom is 0.271 e. The molecular weight excluding hydrogens is 280 g/mol. The smallest absolute Gasteiger partial charge is 0.271 e. The van der Waals surface area contributed by atoms with Gasteiger partial charge in [-0.25, -0.2) is 0 Å². The van der Waals surface area contributed by atoms with Gasteiger partial charge in [-0.2, -0.15) is 8.42 Å². The molecule has 1 aromatic carbocycles. The van der Waals surface area contributed by atoms with E-state index in [9.17, 15) is 8.42 Å². The van der Waals surface area contributed by atoms with Gasteiger partial charge in [0.05, 0.1) is 19.8 Å². The molecule has 1 aliphatic heterocycles. The van der Waals surface area contributed by atoms with Crippen molar-refractivity contribution in [2.45, 2.75) is 25.4 Å². The highest BCUT2D eigenvalue weighted by molar-refractivity contribution is 7.85. The van der Waals surface area contributed by atoms with E-state index >= 15 is 0 Å². The first-order valence-electron chi connectivity index (χ1n) is 6.55. The van der Waals surface area contributed by atoms with Crippen LogP contribution >= 0.6 is 0 Å². The molecule has 0 aliphatic carbocycles. The number of hydrogen-bond acceptors (Lipinski definition) is 5. The van der Waals surface area contributed by atoms with Crippen LogP contribution in [0.4, 0.5) is 0 Å². The summed E-state index contributed by atoms with van der Waals surface area (Å²) >= 11 is 0. The van der Waals surface area contributed by atoms with Crippen LogP contribution in [0.3, 0.4) is 0 Å². The first-order chi connectivity index (χ1) is 9.36. The van der Waals surface area contributed by atoms with Crippen LogP contribution in [0.15, 0.2) is 30.3 Å². The van der Waals surface area contributed by atoms with Gasteiger partial charge in [0.2, 0.25) is 0 Å². The molecule has 0 N–H and O–H groups in total. The van der Waals surface area contributed by atoms with E-state index in [-0.39, 0.29) is 18.3 Å². The zero-order chi connectivity index (χ0) is 14.6. The van der Waals surface area contributed by atoms with Crippen LogP contribution in [-0.4, -0.2) is 34.0 Å². The van der Waals surface area contributed by atoms with Crippen molar-refractivity contribution >= 4 is 10.1 Å². The molecule has 0 amide bonds. The molecule has 0 atom stereocenters. The maximum atomic E-state index is 11.9. The minimum Gasteiger partial charge on any atom is -0.350 e. The molecule has 0 saturated carbocycles. The van der Waals surface area contributed by atoms with E-state index in [1.165, 1.54) is 0 Å². The molecule has 20 heavy (non-hydrogen) atoms. The minimum absolute atomic E-state index is 0.0615. The van der Waals surface area contributed by atoms with E-state index in [0.29, 0.717) is 18.8 Å². The molecule has 2 rings (SSSR count). The van der Waals surface area contributed by atoms with Gasteiger partial charge in [-0.1, -0.05) is 30.3 Å². The van der Waals surface area contributed by atoms with Crippen molar-refractivity contribution in [3.05, 3.63) is 35.9 Å². The molecule has 0 radical (unpaired) electrons. The second-order valence-corrected chi connectivity index (χ2v) is 7.00. The highest BCUT2D eigenvalue weighted by Gasteiger charge is 2.29. The standard InChI is InChI=1S/C14H20O5S/c1-14(2)17-8-13(9-18-14)10-19-20(15,16)11-12-6-4-3-5-7-12/h3-7,13H,8-11H2,1-2H3. The lowest BCUT2D eigenvalue weighted by molar-refractivity contribution is -0.264. The molecule has 1 aliphatic rings. The van der Waals surface area contributed by atoms with Crippen LogP contribution in [0.1, 0.15) is 19.4 Å². The molecule has 0 bridgehead atoms. The third-order valence-electron chi connectivity index (χ3n) is 3.00. The van der Waals surface area contributed by atoms with E-state index in [2.05, 4.69) is 0 Å². The lowest BCUT2D eigenvalue weighted by Gasteiger charge is -2.34. The van der Waals surface area contributed by atoms with Gasteiger partial charge in [-0.05, 0) is 19.4 Å². The van der Waals surface area contributed by atoms with Crippen LogP contribution in [0.2, 0.25) is 0 Å². The van der Waals surface area contributed by atoms with Crippen LogP contribution in [0.25, 0.3) is 0 Å².